The lowest BCUT2D eigenvalue weighted by Crippen LogP contribution is -2.37. The minimum atomic E-state index is -4.43. The summed E-state index contributed by atoms with van der Waals surface area (Å²) in [5.74, 6) is 0. The average molecular weight is 392 g/mol. The normalized spacial score (nSPS) is 15.4. The van der Waals surface area contributed by atoms with E-state index in [1.54, 1.807) is 6.07 Å². The number of isothiocyanates is 1. The predicted molar refractivity (Wildman–Crippen MR) is 103 cm³/mol. The van der Waals surface area contributed by atoms with E-state index in [1.807, 2.05) is 35.2 Å². The van der Waals surface area contributed by atoms with Gasteiger partial charge < -0.3 is 9.64 Å². The summed E-state index contributed by atoms with van der Waals surface area (Å²) in [5, 5.41) is 2.13. The smallest absolute Gasteiger partial charge is 0.373 e. The van der Waals surface area contributed by atoms with Crippen molar-refractivity contribution in [1.29, 1.82) is 0 Å². The van der Waals surface area contributed by atoms with Gasteiger partial charge in [-0.15, -0.1) is 0 Å². The number of hydrogen-bond acceptors (Lipinski definition) is 4. The molecule has 7 heteroatoms. The van der Waals surface area contributed by atoms with Crippen LogP contribution in [0.1, 0.15) is 24.0 Å². The quantitative estimate of drug-likeness (QED) is 0.487. The summed E-state index contributed by atoms with van der Waals surface area (Å²) in [6.07, 6.45) is -2.81. The Kier molecular flexibility index (Phi) is 6.26. The lowest BCUT2D eigenvalue weighted by Gasteiger charge is -2.34. The summed E-state index contributed by atoms with van der Waals surface area (Å²) < 4.78 is 45.4. The standard InChI is InChI=1S/C20H19F3N2OS/c21-20(22,23)16-10-17(24-14-27)12-18(11-16)25-8-6-19(7-9-25)26-13-15-4-2-1-3-5-15/h1-5,10-12,19H,6-9,13H2. The Balaban J connectivity index is 1.65. The third-order valence-electron chi connectivity index (χ3n) is 4.54. The summed E-state index contributed by atoms with van der Waals surface area (Å²) in [5.41, 5.74) is 1.04. The molecule has 1 saturated heterocycles. The molecule has 1 aliphatic rings. The fourth-order valence-corrected chi connectivity index (χ4v) is 3.23. The number of thiocarbonyl (C=S) groups is 1. The van der Waals surface area contributed by atoms with E-state index < -0.39 is 11.7 Å². The van der Waals surface area contributed by atoms with Gasteiger partial charge in [0.15, 0.2) is 0 Å². The number of benzene rings is 2. The number of piperidine rings is 1. The van der Waals surface area contributed by atoms with Crippen molar-refractivity contribution in [3.63, 3.8) is 0 Å². The number of rotatable bonds is 5. The molecule has 0 amide bonds. The lowest BCUT2D eigenvalue weighted by atomic mass is 10.1. The monoisotopic (exact) mass is 392 g/mol. The maximum atomic E-state index is 13.2. The van der Waals surface area contributed by atoms with Gasteiger partial charge in [-0.1, -0.05) is 30.3 Å². The van der Waals surface area contributed by atoms with Gasteiger partial charge in [0.25, 0.3) is 0 Å². The first-order valence-electron chi connectivity index (χ1n) is 8.66. The van der Waals surface area contributed by atoms with Crippen LogP contribution in [0, 0.1) is 0 Å². The molecule has 0 aromatic heterocycles. The Morgan fingerprint density at radius 1 is 1.11 bits per heavy atom. The molecule has 0 radical (unpaired) electrons. The van der Waals surface area contributed by atoms with E-state index in [0.29, 0.717) is 25.4 Å². The van der Waals surface area contributed by atoms with Crippen LogP contribution >= 0.6 is 12.2 Å². The molecule has 0 N–H and O–H groups in total. The Morgan fingerprint density at radius 2 is 1.81 bits per heavy atom. The molecular weight excluding hydrogens is 373 g/mol. The molecule has 0 unspecified atom stereocenters. The molecule has 0 bridgehead atoms. The van der Waals surface area contributed by atoms with Crippen molar-refractivity contribution in [3.05, 3.63) is 59.7 Å². The van der Waals surface area contributed by atoms with Gasteiger partial charge in [-0.05, 0) is 48.8 Å². The van der Waals surface area contributed by atoms with Crippen molar-refractivity contribution < 1.29 is 17.9 Å². The maximum absolute atomic E-state index is 13.2. The summed E-state index contributed by atoms with van der Waals surface area (Å²) in [7, 11) is 0. The fourth-order valence-electron chi connectivity index (χ4n) is 3.13. The zero-order valence-electron chi connectivity index (χ0n) is 14.6. The molecule has 0 spiro atoms. The van der Waals surface area contributed by atoms with Crippen molar-refractivity contribution in [2.24, 2.45) is 4.99 Å². The zero-order valence-corrected chi connectivity index (χ0v) is 15.4. The fraction of sp³-hybridized carbons (Fsp3) is 0.350. The molecule has 142 valence electrons. The number of anilines is 1. The molecule has 2 aromatic rings. The minimum absolute atomic E-state index is 0.103. The third-order valence-corrected chi connectivity index (χ3v) is 4.63. The molecule has 1 aliphatic heterocycles. The van der Waals surface area contributed by atoms with E-state index in [1.165, 1.54) is 0 Å². The zero-order chi connectivity index (χ0) is 19.3. The summed E-state index contributed by atoms with van der Waals surface area (Å²) >= 11 is 4.53. The average Bonchev–Trinajstić information content (AvgIpc) is 2.67. The van der Waals surface area contributed by atoms with Crippen LogP contribution in [-0.2, 0) is 17.5 Å². The van der Waals surface area contributed by atoms with Crippen molar-refractivity contribution >= 4 is 28.8 Å². The van der Waals surface area contributed by atoms with E-state index in [0.717, 1.165) is 30.5 Å². The summed E-state index contributed by atoms with van der Waals surface area (Å²) in [6.45, 7) is 1.80. The first-order chi connectivity index (χ1) is 13.0. The van der Waals surface area contributed by atoms with Gasteiger partial charge in [0.1, 0.15) is 0 Å². The van der Waals surface area contributed by atoms with E-state index >= 15 is 0 Å². The highest BCUT2D eigenvalue weighted by molar-refractivity contribution is 7.78. The van der Waals surface area contributed by atoms with Crippen LogP contribution < -0.4 is 4.90 Å². The van der Waals surface area contributed by atoms with Gasteiger partial charge in [0, 0.05) is 18.8 Å². The Labute approximate surface area is 161 Å². The Bertz CT molecular complexity index is 812. The largest absolute Gasteiger partial charge is 0.416 e. The maximum Gasteiger partial charge on any atom is 0.416 e. The second-order valence-electron chi connectivity index (χ2n) is 6.42. The first kappa shape index (κ1) is 19.5. The molecule has 1 heterocycles. The van der Waals surface area contributed by atoms with E-state index in [4.69, 9.17) is 4.74 Å². The SMILES string of the molecule is FC(F)(F)c1cc(N=C=S)cc(N2CCC(OCc3ccccc3)CC2)c1. The van der Waals surface area contributed by atoms with Gasteiger partial charge in [-0.2, -0.15) is 18.2 Å². The molecule has 0 atom stereocenters. The van der Waals surface area contributed by atoms with Crippen LogP contribution in [0.4, 0.5) is 24.5 Å². The van der Waals surface area contributed by atoms with E-state index in [9.17, 15) is 13.2 Å². The van der Waals surface area contributed by atoms with E-state index in [2.05, 4.69) is 22.4 Å². The topological polar surface area (TPSA) is 24.8 Å². The van der Waals surface area contributed by atoms with Gasteiger partial charge in [0.05, 0.1) is 29.1 Å². The van der Waals surface area contributed by atoms with Crippen LogP contribution in [0.25, 0.3) is 0 Å². The number of halogens is 3. The van der Waals surface area contributed by atoms with Crippen LogP contribution in [0.15, 0.2) is 53.5 Å². The molecule has 3 rings (SSSR count). The van der Waals surface area contributed by atoms with E-state index in [-0.39, 0.29) is 11.8 Å². The highest BCUT2D eigenvalue weighted by atomic mass is 32.1. The van der Waals surface area contributed by atoms with Crippen LogP contribution in [0.3, 0.4) is 0 Å². The lowest BCUT2D eigenvalue weighted by molar-refractivity contribution is -0.137. The summed E-state index contributed by atoms with van der Waals surface area (Å²) in [4.78, 5) is 5.66. The molecule has 0 aliphatic carbocycles. The predicted octanol–water partition coefficient (Wildman–Crippen LogP) is 5.63. The molecule has 1 fully saturated rings. The number of hydrogen-bond donors (Lipinski definition) is 0. The molecule has 2 aromatic carbocycles. The van der Waals surface area contributed by atoms with Crippen molar-refractivity contribution in [2.75, 3.05) is 18.0 Å². The number of aliphatic imine (C=N–C) groups is 1. The van der Waals surface area contributed by atoms with Gasteiger partial charge >= 0.3 is 6.18 Å². The molecule has 27 heavy (non-hydrogen) atoms. The first-order valence-corrected chi connectivity index (χ1v) is 9.07. The number of ether oxygens (including phenoxy) is 1. The minimum Gasteiger partial charge on any atom is -0.373 e. The van der Waals surface area contributed by atoms with Crippen molar-refractivity contribution in [2.45, 2.75) is 31.7 Å². The molecule has 3 nitrogen and oxygen atoms in total. The van der Waals surface area contributed by atoms with Crippen LogP contribution in [0.5, 0.6) is 0 Å². The molecular formula is C20H19F3N2OS. The third kappa shape index (κ3) is 5.39. The highest BCUT2D eigenvalue weighted by Crippen LogP contribution is 2.36. The van der Waals surface area contributed by atoms with Gasteiger partial charge in [-0.3, -0.25) is 0 Å². The highest BCUT2D eigenvalue weighted by Gasteiger charge is 2.32. The second-order valence-corrected chi connectivity index (χ2v) is 6.60. The van der Waals surface area contributed by atoms with Crippen LogP contribution in [0.2, 0.25) is 0 Å². The Hall–Kier alpha value is -2.21. The molecule has 0 saturated carbocycles. The van der Waals surface area contributed by atoms with Crippen LogP contribution in [-0.4, -0.2) is 24.4 Å². The number of nitrogens with zero attached hydrogens (tertiary/aromatic N) is 2. The van der Waals surface area contributed by atoms with Gasteiger partial charge in [-0.25, -0.2) is 0 Å². The summed E-state index contributed by atoms with van der Waals surface area (Å²) in [6, 6.07) is 13.7. The Morgan fingerprint density at radius 3 is 2.44 bits per heavy atom. The number of alkyl halides is 3. The van der Waals surface area contributed by atoms with Gasteiger partial charge in [0.2, 0.25) is 0 Å². The van der Waals surface area contributed by atoms with Crippen molar-refractivity contribution in [1.82, 2.24) is 0 Å². The van der Waals surface area contributed by atoms with Crippen molar-refractivity contribution in [3.8, 4) is 0 Å². The second kappa shape index (κ2) is 8.65.